The monoisotopic (exact) mass is 913 g/mol. The molecule has 0 bridgehead atoms. The van der Waals surface area contributed by atoms with Crippen LogP contribution in [0, 0.1) is 18.2 Å². The molecule has 8 rings (SSSR count). The third kappa shape index (κ3) is 9.47. The molecule has 3 aromatic carbocycles. The quantitative estimate of drug-likeness (QED) is 0.113. The van der Waals surface area contributed by atoms with Crippen LogP contribution in [0.25, 0.3) is 42.7 Å². The van der Waals surface area contributed by atoms with Crippen molar-refractivity contribution in [3.8, 4) is 22.5 Å². The van der Waals surface area contributed by atoms with E-state index in [0.717, 1.165) is 79.0 Å². The van der Waals surface area contributed by atoms with Crippen molar-refractivity contribution in [3.05, 3.63) is 144 Å². The molecule has 4 aromatic heterocycles. The molecule has 3 nitrogen and oxygen atoms in total. The van der Waals surface area contributed by atoms with Crippen molar-refractivity contribution >= 4 is 44.8 Å². The van der Waals surface area contributed by atoms with Gasteiger partial charge in [-0.05, 0) is 86.9 Å². The normalized spacial score (nSPS) is 15.6. The van der Waals surface area contributed by atoms with Gasteiger partial charge >= 0.3 is 0 Å². The number of hydrogen-bond donors (Lipinski definition) is 0. The van der Waals surface area contributed by atoms with Crippen molar-refractivity contribution in [1.82, 2.24) is 15.0 Å². The average Bonchev–Trinajstić information content (AvgIpc) is 3.60. The molecule has 6 heteroatoms. The molecule has 0 unspecified atom stereocenters. The van der Waals surface area contributed by atoms with Crippen molar-refractivity contribution in [2.45, 2.75) is 84.2 Å². The van der Waals surface area contributed by atoms with Gasteiger partial charge in [0.15, 0.2) is 0 Å². The van der Waals surface area contributed by atoms with Crippen molar-refractivity contribution in [3.63, 3.8) is 0 Å². The number of fused-ring (bicyclic) bond motifs is 3. The summed E-state index contributed by atoms with van der Waals surface area (Å²) in [6.45, 7) is 10.5. The summed E-state index contributed by atoms with van der Waals surface area (Å²) in [5.41, 5.74) is 6.25. The van der Waals surface area contributed by atoms with Crippen molar-refractivity contribution in [1.29, 1.82) is 0 Å². The van der Waals surface area contributed by atoms with Crippen LogP contribution in [0.1, 0.15) is 81.0 Å². The van der Waals surface area contributed by atoms with E-state index in [1.165, 1.54) is 6.42 Å². The van der Waals surface area contributed by atoms with Crippen molar-refractivity contribution in [2.75, 3.05) is 0 Å². The Morgan fingerprint density at radius 1 is 0.849 bits per heavy atom. The topological polar surface area (TPSA) is 38.7 Å². The minimum atomic E-state index is -1.76. The van der Waals surface area contributed by atoms with Gasteiger partial charge in [-0.2, -0.15) is 11.3 Å². The molecule has 273 valence electrons. The van der Waals surface area contributed by atoms with E-state index in [4.69, 9.17) is 6.85 Å². The fourth-order valence-electron chi connectivity index (χ4n) is 6.80. The van der Waals surface area contributed by atoms with Crippen LogP contribution in [0.3, 0.4) is 0 Å². The first kappa shape index (κ1) is 32.6. The first-order chi connectivity index (χ1) is 27.0. The van der Waals surface area contributed by atoms with Gasteiger partial charge in [0.25, 0.3) is 0 Å². The van der Waals surface area contributed by atoms with Gasteiger partial charge in [0.1, 0.15) is 0 Å². The Bertz CT molecular complexity index is 2490. The molecule has 53 heavy (non-hydrogen) atoms. The SMILES string of the molecule is [2H]C(C)(C)c1ccc2c(c1)sc1c(-c3cc(C([2H])([2H])C4CCCCC4)ccn3)[c-]ncc12.[2H]C([2H])(c1ccccc1)c1cc(-c2[c-]cccc2)ncc1[Si](C)(C)C.[Ir]. The molecule has 1 aliphatic rings. The summed E-state index contributed by atoms with van der Waals surface area (Å²) in [6.07, 6.45) is 10.9. The molecule has 0 N–H and O–H groups in total. The Hall–Kier alpha value is -3.80. The Labute approximate surface area is 341 Å². The maximum absolute atomic E-state index is 8.85. The van der Waals surface area contributed by atoms with E-state index in [-0.39, 0.29) is 26.0 Å². The second kappa shape index (κ2) is 17.6. The molecule has 0 aliphatic heterocycles. The maximum atomic E-state index is 8.85. The molecular weight excluding hydrogens is 859 g/mol. The smallest absolute Gasteiger partial charge is 0.0799 e. The average molecular weight is 913 g/mol. The second-order valence-corrected chi connectivity index (χ2v) is 20.9. The van der Waals surface area contributed by atoms with E-state index in [2.05, 4.69) is 59.0 Å². The summed E-state index contributed by atoms with van der Waals surface area (Å²) in [4.78, 5) is 13.6. The molecule has 0 spiro atoms. The number of pyridine rings is 3. The molecule has 1 fully saturated rings. The number of hydrogen-bond acceptors (Lipinski definition) is 4. The number of benzene rings is 3. The summed E-state index contributed by atoms with van der Waals surface area (Å²) in [6, 6.07) is 32.1. The third-order valence-electron chi connectivity index (χ3n) is 9.64. The van der Waals surface area contributed by atoms with Crippen LogP contribution < -0.4 is 5.19 Å². The van der Waals surface area contributed by atoms with Gasteiger partial charge in [0.2, 0.25) is 0 Å². The zero-order valence-electron chi connectivity index (χ0n) is 36.1. The minimum Gasteiger partial charge on any atom is -0.359 e. The zero-order valence-corrected chi connectivity index (χ0v) is 35.3. The van der Waals surface area contributed by atoms with Crippen LogP contribution >= 0.6 is 11.3 Å². The van der Waals surface area contributed by atoms with Crippen LogP contribution in [0.5, 0.6) is 0 Å². The molecule has 0 amide bonds. The van der Waals surface area contributed by atoms with E-state index >= 15 is 0 Å². The summed E-state index contributed by atoms with van der Waals surface area (Å²) in [5.74, 6) is -0.599. The molecule has 1 saturated carbocycles. The first-order valence-corrected chi connectivity index (χ1v) is 22.6. The number of aromatic nitrogens is 3. The molecule has 0 saturated heterocycles. The van der Waals surface area contributed by atoms with Crippen LogP contribution in [0.4, 0.5) is 0 Å². The number of nitrogens with zero attached hydrogens (tertiary/aromatic N) is 3. The molecule has 1 radical (unpaired) electrons. The Morgan fingerprint density at radius 3 is 2.38 bits per heavy atom. The molecule has 1 aliphatic carbocycles. The van der Waals surface area contributed by atoms with Crippen LogP contribution in [-0.2, 0) is 32.9 Å². The fraction of sp³-hybridized carbons (Fsp3) is 0.298. The molecular formula is C47H49IrN3SSi-2. The zero-order chi connectivity index (χ0) is 40.6. The standard InChI is InChI=1S/C26H27N2S.C21H22NSi.Ir/c1-17(2)20-8-9-21-22-15-27-16-23(26(22)29-25(21)14-20)24-13-19(10-11-28-24)12-18-6-4-3-5-7-18;1-23(2,3)21-16-22-20(18-12-8-5-9-13-18)15-19(21)14-17-10-6-4-7-11-17;/h8-11,13-15,17-18H,3-7,12H2,1-2H3;4-12,15-16H,14H2,1-3H3;/q2*-1;/i12D2,17D;14D2;. The molecule has 4 heterocycles. The number of thiophene rings is 1. The first-order valence-electron chi connectivity index (χ1n) is 20.8. The van der Waals surface area contributed by atoms with Gasteiger partial charge in [0, 0.05) is 44.1 Å². The Kier molecular flexibility index (Phi) is 10.8. The third-order valence-corrected chi connectivity index (χ3v) is 12.8. The van der Waals surface area contributed by atoms with E-state index in [1.54, 1.807) is 17.5 Å². The van der Waals surface area contributed by atoms with E-state index < -0.39 is 26.7 Å². The van der Waals surface area contributed by atoms with Crippen LogP contribution in [-0.4, -0.2) is 23.0 Å². The maximum Gasteiger partial charge on any atom is 0.0799 e. The Balaban J connectivity index is 0.000000198. The van der Waals surface area contributed by atoms with Gasteiger partial charge < -0.3 is 15.0 Å². The minimum absolute atomic E-state index is 0. The van der Waals surface area contributed by atoms with Gasteiger partial charge in [-0.25, -0.2) is 0 Å². The summed E-state index contributed by atoms with van der Waals surface area (Å²) in [7, 11) is -1.76. The predicted molar refractivity (Wildman–Crippen MR) is 224 cm³/mol. The van der Waals surface area contributed by atoms with Gasteiger partial charge in [-0.3, -0.25) is 0 Å². The number of rotatable bonds is 8. The van der Waals surface area contributed by atoms with Gasteiger partial charge in [-0.1, -0.05) is 142 Å². The summed E-state index contributed by atoms with van der Waals surface area (Å²) in [5, 5.41) is 3.23. The molecule has 7 aromatic rings. The Morgan fingerprint density at radius 2 is 1.64 bits per heavy atom. The van der Waals surface area contributed by atoms with E-state index in [9.17, 15) is 0 Å². The van der Waals surface area contributed by atoms with Gasteiger partial charge in [-0.15, -0.1) is 35.9 Å². The summed E-state index contributed by atoms with van der Waals surface area (Å²) < 4.78 is 45.9. The van der Waals surface area contributed by atoms with E-state index in [0.29, 0.717) is 16.8 Å². The predicted octanol–water partition coefficient (Wildman–Crippen LogP) is 12.2. The largest absolute Gasteiger partial charge is 0.359 e. The van der Waals surface area contributed by atoms with E-state index in [1.807, 2.05) is 105 Å². The van der Waals surface area contributed by atoms with Crippen molar-refractivity contribution in [2.24, 2.45) is 5.92 Å². The fourth-order valence-corrected chi connectivity index (χ4v) is 9.41. The van der Waals surface area contributed by atoms with Crippen LogP contribution in [0.2, 0.25) is 19.6 Å². The van der Waals surface area contributed by atoms with Gasteiger partial charge in [0.05, 0.1) is 8.07 Å². The second-order valence-electron chi connectivity index (χ2n) is 14.8. The summed E-state index contributed by atoms with van der Waals surface area (Å²) >= 11 is 1.67. The van der Waals surface area contributed by atoms with Crippen LogP contribution in [0.15, 0.2) is 110 Å². The van der Waals surface area contributed by atoms with Crippen molar-refractivity contribution < 1.29 is 27.0 Å². The molecule has 0 atom stereocenters.